The van der Waals surface area contributed by atoms with Crippen LogP contribution in [0.5, 0.6) is 0 Å². The highest BCUT2D eigenvalue weighted by Crippen LogP contribution is 2.18. The van der Waals surface area contributed by atoms with Crippen molar-refractivity contribution in [1.29, 1.82) is 0 Å². The van der Waals surface area contributed by atoms with Gasteiger partial charge in [0.1, 0.15) is 0 Å². The van der Waals surface area contributed by atoms with E-state index in [1.54, 1.807) is 0 Å². The first-order valence-corrected chi connectivity index (χ1v) is 6.96. The smallest absolute Gasteiger partial charge is 0.0704 e. The number of rotatable bonds is 7. The molecule has 0 spiro atoms. The van der Waals surface area contributed by atoms with Gasteiger partial charge in [0.25, 0.3) is 0 Å². The highest BCUT2D eigenvalue weighted by molar-refractivity contribution is 4.74. The molecule has 1 rings (SSSR count). The Bertz CT molecular complexity index is 182. The fourth-order valence-corrected chi connectivity index (χ4v) is 2.30. The monoisotopic (exact) mass is 227 g/mol. The van der Waals surface area contributed by atoms with Crippen LogP contribution < -0.4 is 5.32 Å². The number of hydrogen-bond acceptors (Lipinski definition) is 2. The van der Waals surface area contributed by atoms with Crippen molar-refractivity contribution in [3.63, 3.8) is 0 Å². The molecule has 0 aromatic heterocycles. The Hall–Kier alpha value is -0.0800. The summed E-state index contributed by atoms with van der Waals surface area (Å²) in [5.74, 6) is 0.839. The van der Waals surface area contributed by atoms with E-state index in [1.807, 2.05) is 0 Å². The average molecular weight is 227 g/mol. The van der Waals surface area contributed by atoms with Gasteiger partial charge in [-0.25, -0.2) is 0 Å². The van der Waals surface area contributed by atoms with Gasteiger partial charge in [0.05, 0.1) is 12.2 Å². The summed E-state index contributed by atoms with van der Waals surface area (Å²) in [5.41, 5.74) is 0. The Kier molecular flexibility index (Phi) is 6.37. The van der Waals surface area contributed by atoms with E-state index in [4.69, 9.17) is 4.74 Å². The molecule has 1 N–H and O–H groups in total. The number of ether oxygens (including phenoxy) is 1. The fourth-order valence-electron chi connectivity index (χ4n) is 2.30. The highest BCUT2D eigenvalue weighted by atomic mass is 16.5. The Morgan fingerprint density at radius 3 is 2.50 bits per heavy atom. The molecule has 3 unspecified atom stereocenters. The summed E-state index contributed by atoms with van der Waals surface area (Å²) in [6.45, 7) is 10.1. The van der Waals surface area contributed by atoms with E-state index in [2.05, 4.69) is 33.0 Å². The lowest BCUT2D eigenvalue weighted by molar-refractivity contribution is 0.0544. The molecule has 1 fully saturated rings. The van der Waals surface area contributed by atoms with Gasteiger partial charge in [-0.1, -0.05) is 26.7 Å². The molecule has 0 radical (unpaired) electrons. The molecule has 0 saturated carbocycles. The van der Waals surface area contributed by atoms with E-state index < -0.39 is 0 Å². The first-order chi connectivity index (χ1) is 7.58. The number of hydrogen-bond donors (Lipinski definition) is 1. The van der Waals surface area contributed by atoms with Crippen LogP contribution >= 0.6 is 0 Å². The van der Waals surface area contributed by atoms with Gasteiger partial charge in [0.15, 0.2) is 0 Å². The van der Waals surface area contributed by atoms with Crippen molar-refractivity contribution >= 4 is 0 Å². The van der Waals surface area contributed by atoms with Crippen LogP contribution in [0.25, 0.3) is 0 Å². The Morgan fingerprint density at radius 2 is 1.94 bits per heavy atom. The maximum absolute atomic E-state index is 5.79. The summed E-state index contributed by atoms with van der Waals surface area (Å²) in [5, 5.41) is 3.59. The van der Waals surface area contributed by atoms with Gasteiger partial charge in [-0.3, -0.25) is 0 Å². The topological polar surface area (TPSA) is 21.3 Å². The van der Waals surface area contributed by atoms with E-state index in [9.17, 15) is 0 Å². The Labute approximate surface area is 101 Å². The summed E-state index contributed by atoms with van der Waals surface area (Å²) in [6, 6.07) is 0.637. The van der Waals surface area contributed by atoms with Crippen molar-refractivity contribution in [2.45, 2.75) is 78.0 Å². The molecule has 1 heterocycles. The van der Waals surface area contributed by atoms with Gasteiger partial charge < -0.3 is 10.1 Å². The van der Waals surface area contributed by atoms with Gasteiger partial charge in [0, 0.05) is 12.6 Å². The molecule has 1 aliphatic rings. The zero-order chi connectivity index (χ0) is 12.0. The van der Waals surface area contributed by atoms with Crippen molar-refractivity contribution in [1.82, 2.24) is 5.32 Å². The molecule has 16 heavy (non-hydrogen) atoms. The summed E-state index contributed by atoms with van der Waals surface area (Å²) < 4.78 is 5.79. The van der Waals surface area contributed by atoms with Crippen molar-refractivity contribution in [3.8, 4) is 0 Å². The molecule has 0 amide bonds. The van der Waals surface area contributed by atoms with Crippen molar-refractivity contribution in [2.75, 3.05) is 6.54 Å². The van der Waals surface area contributed by atoms with E-state index in [0.29, 0.717) is 18.2 Å². The minimum Gasteiger partial charge on any atom is -0.374 e. The first-order valence-electron chi connectivity index (χ1n) is 6.96. The van der Waals surface area contributed by atoms with Gasteiger partial charge in [0.2, 0.25) is 0 Å². The minimum atomic E-state index is 0.461. The van der Waals surface area contributed by atoms with Crippen LogP contribution in [-0.2, 0) is 4.74 Å². The molecule has 3 atom stereocenters. The summed E-state index contributed by atoms with van der Waals surface area (Å²) >= 11 is 0. The number of nitrogens with one attached hydrogen (secondary N) is 1. The second-order valence-corrected chi connectivity index (χ2v) is 5.78. The van der Waals surface area contributed by atoms with Crippen molar-refractivity contribution in [3.05, 3.63) is 0 Å². The first kappa shape index (κ1) is 14.0. The average Bonchev–Trinajstić information content (AvgIpc) is 2.61. The van der Waals surface area contributed by atoms with E-state index in [1.165, 1.54) is 32.1 Å². The highest BCUT2D eigenvalue weighted by Gasteiger charge is 2.21. The maximum Gasteiger partial charge on any atom is 0.0704 e. The molecule has 1 aliphatic heterocycles. The summed E-state index contributed by atoms with van der Waals surface area (Å²) in [4.78, 5) is 0. The van der Waals surface area contributed by atoms with Crippen LogP contribution in [0.15, 0.2) is 0 Å². The SMILES string of the molecule is CC(C)CCCC(C)NCC1CCC(C)O1. The van der Waals surface area contributed by atoms with Crippen molar-refractivity contribution < 1.29 is 4.74 Å². The largest absolute Gasteiger partial charge is 0.374 e. The summed E-state index contributed by atoms with van der Waals surface area (Å²) in [6.07, 6.45) is 7.38. The van der Waals surface area contributed by atoms with Gasteiger partial charge in [-0.2, -0.15) is 0 Å². The van der Waals surface area contributed by atoms with Crippen LogP contribution in [0.4, 0.5) is 0 Å². The summed E-state index contributed by atoms with van der Waals surface area (Å²) in [7, 11) is 0. The van der Waals surface area contributed by atoms with E-state index >= 15 is 0 Å². The normalized spacial score (nSPS) is 27.6. The molecule has 0 aromatic rings. The van der Waals surface area contributed by atoms with Gasteiger partial charge in [-0.15, -0.1) is 0 Å². The third kappa shape index (κ3) is 5.86. The molecule has 2 heteroatoms. The lowest BCUT2D eigenvalue weighted by atomic mass is 10.0. The van der Waals surface area contributed by atoms with Crippen LogP contribution in [-0.4, -0.2) is 24.8 Å². The predicted molar refractivity (Wildman–Crippen MR) is 69.7 cm³/mol. The third-order valence-corrected chi connectivity index (χ3v) is 3.43. The van der Waals surface area contributed by atoms with E-state index in [0.717, 1.165) is 12.5 Å². The molecule has 0 aliphatic carbocycles. The van der Waals surface area contributed by atoms with Crippen LogP contribution in [0, 0.1) is 5.92 Å². The standard InChI is InChI=1S/C14H29NO/c1-11(2)6-5-7-12(3)15-10-14-9-8-13(4)16-14/h11-15H,5-10H2,1-4H3. The molecular weight excluding hydrogens is 198 g/mol. The van der Waals surface area contributed by atoms with E-state index in [-0.39, 0.29) is 0 Å². The molecule has 2 nitrogen and oxygen atoms in total. The molecule has 1 saturated heterocycles. The zero-order valence-corrected chi connectivity index (χ0v) is 11.5. The zero-order valence-electron chi connectivity index (χ0n) is 11.5. The fraction of sp³-hybridized carbons (Fsp3) is 1.00. The molecule has 0 aromatic carbocycles. The van der Waals surface area contributed by atoms with Crippen LogP contribution in [0.2, 0.25) is 0 Å². The van der Waals surface area contributed by atoms with Crippen molar-refractivity contribution in [2.24, 2.45) is 5.92 Å². The Balaban J connectivity index is 1.99. The second-order valence-electron chi connectivity index (χ2n) is 5.78. The molecule has 96 valence electrons. The molecular formula is C14H29NO. The second kappa shape index (κ2) is 7.29. The third-order valence-electron chi connectivity index (χ3n) is 3.43. The lowest BCUT2D eigenvalue weighted by Crippen LogP contribution is -2.33. The van der Waals surface area contributed by atoms with Crippen LogP contribution in [0.3, 0.4) is 0 Å². The van der Waals surface area contributed by atoms with Gasteiger partial charge in [-0.05, 0) is 39.0 Å². The predicted octanol–water partition coefficient (Wildman–Crippen LogP) is 3.36. The Morgan fingerprint density at radius 1 is 1.19 bits per heavy atom. The minimum absolute atomic E-state index is 0.461. The lowest BCUT2D eigenvalue weighted by Gasteiger charge is -2.17. The molecule has 0 bridgehead atoms. The maximum atomic E-state index is 5.79. The van der Waals surface area contributed by atoms with Crippen LogP contribution in [0.1, 0.15) is 59.8 Å². The quantitative estimate of drug-likeness (QED) is 0.720. The van der Waals surface area contributed by atoms with Gasteiger partial charge >= 0.3 is 0 Å².